The molecule has 2 rings (SSSR count). The smallest absolute Gasteiger partial charge is 0.232 e. The first-order chi connectivity index (χ1) is 8.47. The Balaban J connectivity index is 2.41. The molecule has 0 radical (unpaired) electrons. The van der Waals surface area contributed by atoms with Gasteiger partial charge in [-0.15, -0.1) is 0 Å². The van der Waals surface area contributed by atoms with Gasteiger partial charge in [0.25, 0.3) is 0 Å². The summed E-state index contributed by atoms with van der Waals surface area (Å²) in [6.07, 6.45) is -0.688. The highest BCUT2D eigenvalue weighted by atomic mass is 35.5. The lowest BCUT2D eigenvalue weighted by Gasteiger charge is -2.23. The Morgan fingerprint density at radius 1 is 1.44 bits per heavy atom. The molecule has 4 nitrogen and oxygen atoms in total. The minimum absolute atomic E-state index is 0.129. The number of rotatable bonds is 1. The molecule has 1 saturated heterocycles. The van der Waals surface area contributed by atoms with Crippen LogP contribution < -0.4 is 4.90 Å². The molecule has 1 heterocycles. The fraction of sp³-hybridized carbons (Fsp3) is 0.385. The Labute approximate surface area is 110 Å². The SMILES string of the molecule is C[C@@H]1C(=O)N(c2ccc(C#N)c(Cl)c2)[C@@H](C)[C@H]1O. The van der Waals surface area contributed by atoms with E-state index in [9.17, 15) is 9.90 Å². The van der Waals surface area contributed by atoms with Crippen molar-refractivity contribution in [3.05, 3.63) is 28.8 Å². The number of aliphatic hydroxyl groups excluding tert-OH is 1. The van der Waals surface area contributed by atoms with Gasteiger partial charge >= 0.3 is 0 Å². The van der Waals surface area contributed by atoms with E-state index in [0.717, 1.165) is 0 Å². The summed E-state index contributed by atoms with van der Waals surface area (Å²) in [4.78, 5) is 13.6. The summed E-state index contributed by atoms with van der Waals surface area (Å²) in [5, 5.41) is 19.0. The lowest BCUT2D eigenvalue weighted by Crippen LogP contribution is -2.34. The average molecular weight is 265 g/mol. The third-order valence-electron chi connectivity index (χ3n) is 3.39. The fourth-order valence-corrected chi connectivity index (χ4v) is 2.46. The van der Waals surface area contributed by atoms with Gasteiger partial charge in [0.15, 0.2) is 0 Å². The molecule has 5 heteroatoms. The van der Waals surface area contributed by atoms with Gasteiger partial charge in [-0.3, -0.25) is 4.79 Å². The topological polar surface area (TPSA) is 64.3 Å². The number of amides is 1. The third kappa shape index (κ3) is 1.86. The maximum atomic E-state index is 12.1. The number of hydrogen-bond acceptors (Lipinski definition) is 3. The average Bonchev–Trinajstić information content (AvgIpc) is 2.54. The number of nitrogens with zero attached hydrogens (tertiary/aromatic N) is 2. The van der Waals surface area contributed by atoms with Crippen molar-refractivity contribution in [2.24, 2.45) is 5.92 Å². The molecule has 18 heavy (non-hydrogen) atoms. The van der Waals surface area contributed by atoms with Gasteiger partial charge in [0.2, 0.25) is 5.91 Å². The Morgan fingerprint density at radius 2 is 2.11 bits per heavy atom. The first-order valence-corrected chi connectivity index (χ1v) is 6.06. The number of carbonyl (C=O) groups excluding carboxylic acids is 1. The minimum atomic E-state index is -0.688. The molecule has 1 amide bonds. The lowest BCUT2D eigenvalue weighted by atomic mass is 10.1. The highest BCUT2D eigenvalue weighted by Gasteiger charge is 2.42. The fourth-order valence-electron chi connectivity index (χ4n) is 2.24. The molecule has 1 aromatic rings. The Bertz CT molecular complexity index is 538. The Morgan fingerprint density at radius 3 is 2.56 bits per heavy atom. The first-order valence-electron chi connectivity index (χ1n) is 5.68. The van der Waals surface area contributed by atoms with E-state index < -0.39 is 12.0 Å². The molecule has 0 aromatic heterocycles. The van der Waals surface area contributed by atoms with E-state index in [1.54, 1.807) is 32.0 Å². The van der Waals surface area contributed by atoms with Crippen molar-refractivity contribution in [2.75, 3.05) is 4.90 Å². The van der Waals surface area contributed by atoms with Gasteiger partial charge < -0.3 is 10.0 Å². The van der Waals surface area contributed by atoms with Gasteiger partial charge in [-0.05, 0) is 25.1 Å². The van der Waals surface area contributed by atoms with Gasteiger partial charge in [0.1, 0.15) is 6.07 Å². The summed E-state index contributed by atoms with van der Waals surface area (Å²) in [5.41, 5.74) is 0.980. The molecule has 1 N–H and O–H groups in total. The van der Waals surface area contributed by atoms with Crippen LogP contribution in [0.15, 0.2) is 18.2 Å². The molecular formula is C13H13ClN2O2. The van der Waals surface area contributed by atoms with Crippen molar-refractivity contribution in [3.8, 4) is 6.07 Å². The molecule has 94 valence electrons. The van der Waals surface area contributed by atoms with Crippen LogP contribution in [-0.2, 0) is 4.79 Å². The molecule has 3 atom stereocenters. The second kappa shape index (κ2) is 4.60. The van der Waals surface area contributed by atoms with Crippen LogP contribution in [0.25, 0.3) is 0 Å². The third-order valence-corrected chi connectivity index (χ3v) is 3.70. The number of carbonyl (C=O) groups is 1. The number of nitriles is 1. The first kappa shape index (κ1) is 12.9. The molecule has 1 fully saturated rings. The molecule has 1 aliphatic rings. The number of aliphatic hydroxyl groups is 1. The predicted octanol–water partition coefficient (Wildman–Crippen LogP) is 1.94. The van der Waals surface area contributed by atoms with E-state index in [1.165, 1.54) is 4.90 Å². The van der Waals surface area contributed by atoms with Crippen molar-refractivity contribution in [2.45, 2.75) is 26.0 Å². The lowest BCUT2D eigenvalue weighted by molar-refractivity contribution is -0.121. The van der Waals surface area contributed by atoms with Crippen molar-refractivity contribution in [1.82, 2.24) is 0 Å². The molecule has 1 aromatic carbocycles. The van der Waals surface area contributed by atoms with Gasteiger partial charge in [-0.2, -0.15) is 5.26 Å². The van der Waals surface area contributed by atoms with Crippen LogP contribution in [0.3, 0.4) is 0 Å². The summed E-state index contributed by atoms with van der Waals surface area (Å²) in [5.74, 6) is -0.551. The van der Waals surface area contributed by atoms with Crippen molar-refractivity contribution < 1.29 is 9.90 Å². The number of anilines is 1. The molecule has 0 aliphatic carbocycles. The normalized spacial score (nSPS) is 27.4. The van der Waals surface area contributed by atoms with Crippen LogP contribution in [0.4, 0.5) is 5.69 Å². The van der Waals surface area contributed by atoms with E-state index in [0.29, 0.717) is 16.3 Å². The van der Waals surface area contributed by atoms with Crippen molar-refractivity contribution in [1.29, 1.82) is 5.26 Å². The van der Waals surface area contributed by atoms with E-state index >= 15 is 0 Å². The summed E-state index contributed by atoms with van der Waals surface area (Å²) >= 11 is 5.95. The summed E-state index contributed by atoms with van der Waals surface area (Å²) in [7, 11) is 0. The highest BCUT2D eigenvalue weighted by molar-refractivity contribution is 6.32. The molecule has 0 spiro atoms. The molecule has 0 saturated carbocycles. The molecule has 0 unspecified atom stereocenters. The zero-order valence-corrected chi connectivity index (χ0v) is 10.8. The number of hydrogen-bond donors (Lipinski definition) is 1. The van der Waals surface area contributed by atoms with Crippen LogP contribution >= 0.6 is 11.6 Å². The van der Waals surface area contributed by atoms with Gasteiger partial charge in [0, 0.05) is 5.69 Å². The summed E-state index contributed by atoms with van der Waals surface area (Å²) in [6.45, 7) is 3.49. The molecular weight excluding hydrogens is 252 g/mol. The van der Waals surface area contributed by atoms with Gasteiger partial charge in [0.05, 0.1) is 28.6 Å². The van der Waals surface area contributed by atoms with Crippen LogP contribution in [-0.4, -0.2) is 23.2 Å². The zero-order chi connectivity index (χ0) is 13.4. The zero-order valence-electron chi connectivity index (χ0n) is 10.1. The van der Waals surface area contributed by atoms with E-state index in [2.05, 4.69) is 0 Å². The van der Waals surface area contributed by atoms with Gasteiger partial charge in [-0.1, -0.05) is 18.5 Å². The van der Waals surface area contributed by atoms with Crippen LogP contribution in [0.2, 0.25) is 5.02 Å². The van der Waals surface area contributed by atoms with E-state index in [1.807, 2.05) is 6.07 Å². The predicted molar refractivity (Wildman–Crippen MR) is 68.3 cm³/mol. The Hall–Kier alpha value is -1.57. The van der Waals surface area contributed by atoms with Crippen LogP contribution in [0.1, 0.15) is 19.4 Å². The largest absolute Gasteiger partial charge is 0.390 e. The number of benzene rings is 1. The highest BCUT2D eigenvalue weighted by Crippen LogP contribution is 2.32. The van der Waals surface area contributed by atoms with E-state index in [-0.39, 0.29) is 11.9 Å². The second-order valence-corrected chi connectivity index (χ2v) is 4.91. The summed E-state index contributed by atoms with van der Waals surface area (Å²) < 4.78 is 0. The maximum absolute atomic E-state index is 12.1. The minimum Gasteiger partial charge on any atom is -0.390 e. The van der Waals surface area contributed by atoms with Crippen LogP contribution in [0.5, 0.6) is 0 Å². The van der Waals surface area contributed by atoms with Crippen molar-refractivity contribution in [3.63, 3.8) is 0 Å². The van der Waals surface area contributed by atoms with Gasteiger partial charge in [-0.25, -0.2) is 0 Å². The van der Waals surface area contributed by atoms with E-state index in [4.69, 9.17) is 16.9 Å². The second-order valence-electron chi connectivity index (χ2n) is 4.50. The maximum Gasteiger partial charge on any atom is 0.232 e. The molecule has 1 aliphatic heterocycles. The monoisotopic (exact) mass is 264 g/mol. The summed E-state index contributed by atoms with van der Waals surface area (Å²) in [6, 6.07) is 6.50. The quantitative estimate of drug-likeness (QED) is 0.843. The van der Waals surface area contributed by atoms with Crippen LogP contribution in [0, 0.1) is 17.2 Å². The number of halogens is 1. The standard InChI is InChI=1S/C13H13ClN2O2/c1-7-12(17)8(2)16(13(7)18)10-4-3-9(6-15)11(14)5-10/h3-5,7-8,12,17H,1-2H3/t7-,8-,12-/m0/s1. The van der Waals surface area contributed by atoms with Crippen molar-refractivity contribution >= 4 is 23.2 Å². The Kier molecular flexibility index (Phi) is 3.29. The molecule has 0 bridgehead atoms.